The van der Waals surface area contributed by atoms with Crippen molar-refractivity contribution >= 4 is 17.2 Å². The molecule has 2 saturated heterocycles. The van der Waals surface area contributed by atoms with E-state index in [1.54, 1.807) is 11.3 Å². The average Bonchev–Trinajstić information content (AvgIpc) is 3.44. The molecule has 2 fully saturated rings. The molecule has 0 aromatic carbocycles. The number of hydrogen-bond acceptors (Lipinski definition) is 3. The molecule has 0 aliphatic carbocycles. The molecule has 0 spiro atoms. The predicted octanol–water partition coefficient (Wildman–Crippen LogP) is 5.03. The van der Waals surface area contributed by atoms with Crippen LogP contribution in [0.3, 0.4) is 0 Å². The van der Waals surface area contributed by atoms with Crippen LogP contribution in [0.4, 0.5) is 0 Å². The summed E-state index contributed by atoms with van der Waals surface area (Å²) in [7, 11) is 0. The summed E-state index contributed by atoms with van der Waals surface area (Å²) in [4.78, 5) is 18.4. The van der Waals surface area contributed by atoms with Crippen molar-refractivity contribution < 1.29 is 4.79 Å². The fraction of sp³-hybridized carbons (Fsp3) is 0.625. The topological polar surface area (TPSA) is 28.5 Å². The van der Waals surface area contributed by atoms with Gasteiger partial charge >= 0.3 is 0 Å². The number of nitrogens with zero attached hydrogens (tertiary/aromatic N) is 3. The number of rotatable bonds is 7. The van der Waals surface area contributed by atoms with E-state index in [0.29, 0.717) is 18.4 Å². The van der Waals surface area contributed by atoms with E-state index < -0.39 is 0 Å². The molecule has 29 heavy (non-hydrogen) atoms. The van der Waals surface area contributed by atoms with Gasteiger partial charge in [0.05, 0.1) is 12.5 Å². The smallest absolute Gasteiger partial charge is 0.225 e. The Morgan fingerprint density at radius 1 is 1.17 bits per heavy atom. The van der Waals surface area contributed by atoms with Crippen molar-refractivity contribution in [2.75, 3.05) is 19.6 Å². The van der Waals surface area contributed by atoms with Crippen LogP contribution in [-0.2, 0) is 4.79 Å². The molecule has 2 aliphatic rings. The fourth-order valence-corrected chi connectivity index (χ4v) is 6.05. The maximum absolute atomic E-state index is 13.5. The second kappa shape index (κ2) is 9.48. The van der Waals surface area contributed by atoms with Gasteiger partial charge in [-0.05, 0) is 93.1 Å². The lowest BCUT2D eigenvalue weighted by molar-refractivity contribution is -0.135. The van der Waals surface area contributed by atoms with Gasteiger partial charge in [0.25, 0.3) is 0 Å². The van der Waals surface area contributed by atoms with Gasteiger partial charge in [-0.25, -0.2) is 0 Å². The minimum atomic E-state index is 0.0857. The van der Waals surface area contributed by atoms with E-state index in [-0.39, 0.29) is 18.0 Å². The number of carbonyl (C=O) groups is 1. The first-order valence-electron chi connectivity index (χ1n) is 11.3. The van der Waals surface area contributed by atoms with Crippen LogP contribution in [0.5, 0.6) is 0 Å². The number of hydrogen-bond donors (Lipinski definition) is 0. The molecule has 5 heteroatoms. The Morgan fingerprint density at radius 3 is 2.69 bits per heavy atom. The number of aromatic nitrogens is 1. The lowest BCUT2D eigenvalue weighted by Gasteiger charge is -2.46. The summed E-state index contributed by atoms with van der Waals surface area (Å²) >= 11 is 1.70. The van der Waals surface area contributed by atoms with E-state index in [9.17, 15) is 4.79 Å². The van der Waals surface area contributed by atoms with Crippen LogP contribution in [0.15, 0.2) is 41.4 Å². The largest absolute Gasteiger partial charge is 0.346 e. The highest BCUT2D eigenvalue weighted by Gasteiger charge is 2.35. The zero-order valence-corrected chi connectivity index (χ0v) is 18.7. The predicted molar refractivity (Wildman–Crippen MR) is 120 cm³/mol. The Morgan fingerprint density at radius 2 is 1.97 bits per heavy atom. The molecule has 4 rings (SSSR count). The summed E-state index contributed by atoms with van der Waals surface area (Å²) in [5.74, 6) is 0.916. The van der Waals surface area contributed by atoms with Gasteiger partial charge in [0.2, 0.25) is 5.91 Å². The van der Waals surface area contributed by atoms with Crippen LogP contribution in [0, 0.1) is 5.92 Å². The monoisotopic (exact) mass is 413 g/mol. The third-order valence-corrected chi connectivity index (χ3v) is 7.59. The molecule has 2 aliphatic heterocycles. The summed E-state index contributed by atoms with van der Waals surface area (Å²) in [5, 5.41) is 4.29. The number of amides is 1. The Hall–Kier alpha value is -1.59. The Kier molecular flexibility index (Phi) is 6.76. The standard InChI is InChI=1S/C24H35N3OS/c1-19(2)27(17-20-8-7-14-25-11-4-3-9-22(20)25)24(28)16-23(21-10-15-29-18-21)26-12-5-6-13-26/h5-6,10,12-13,15,18-20,22-23H,3-4,7-9,11,14,16-17H2,1-2H3/t20-,22+,23-/m0/s1. The summed E-state index contributed by atoms with van der Waals surface area (Å²) < 4.78 is 2.18. The summed E-state index contributed by atoms with van der Waals surface area (Å²) in [5.41, 5.74) is 1.24. The highest BCUT2D eigenvalue weighted by atomic mass is 32.1. The Balaban J connectivity index is 1.48. The Labute approximate surface area is 179 Å². The van der Waals surface area contributed by atoms with E-state index in [0.717, 1.165) is 6.54 Å². The third-order valence-electron chi connectivity index (χ3n) is 6.89. The molecule has 2 aromatic rings. The van der Waals surface area contributed by atoms with Gasteiger partial charge in [-0.2, -0.15) is 11.3 Å². The molecule has 0 unspecified atom stereocenters. The first kappa shape index (κ1) is 20.7. The van der Waals surface area contributed by atoms with Gasteiger partial charge in [0.15, 0.2) is 0 Å². The molecule has 0 saturated carbocycles. The van der Waals surface area contributed by atoms with Gasteiger partial charge in [-0.15, -0.1) is 0 Å². The van der Waals surface area contributed by atoms with Crippen LogP contribution in [0.2, 0.25) is 0 Å². The molecular formula is C24H35N3OS. The average molecular weight is 414 g/mol. The summed E-state index contributed by atoms with van der Waals surface area (Å²) in [6.07, 6.45) is 11.2. The van der Waals surface area contributed by atoms with Crippen molar-refractivity contribution in [2.45, 2.75) is 70.5 Å². The molecule has 4 nitrogen and oxygen atoms in total. The third kappa shape index (κ3) is 4.77. The molecule has 0 bridgehead atoms. The van der Waals surface area contributed by atoms with E-state index in [1.165, 1.54) is 50.8 Å². The first-order valence-corrected chi connectivity index (χ1v) is 12.3. The quantitative estimate of drug-likeness (QED) is 0.637. The van der Waals surface area contributed by atoms with E-state index in [2.05, 4.69) is 57.4 Å². The molecular weight excluding hydrogens is 378 g/mol. The molecule has 2 aromatic heterocycles. The van der Waals surface area contributed by atoms with E-state index in [1.807, 2.05) is 12.1 Å². The van der Waals surface area contributed by atoms with Crippen molar-refractivity contribution in [2.24, 2.45) is 5.92 Å². The van der Waals surface area contributed by atoms with Crippen molar-refractivity contribution in [3.63, 3.8) is 0 Å². The lowest BCUT2D eigenvalue weighted by Crippen LogP contribution is -2.52. The Bertz CT molecular complexity index is 719. The van der Waals surface area contributed by atoms with Gasteiger partial charge < -0.3 is 14.4 Å². The summed E-state index contributed by atoms with van der Waals surface area (Å²) in [6.45, 7) is 7.78. The van der Waals surface area contributed by atoms with Gasteiger partial charge in [-0.3, -0.25) is 4.79 Å². The maximum Gasteiger partial charge on any atom is 0.225 e. The molecule has 0 N–H and O–H groups in total. The van der Waals surface area contributed by atoms with Crippen molar-refractivity contribution in [3.8, 4) is 0 Å². The normalized spacial score (nSPS) is 23.7. The van der Waals surface area contributed by atoms with Crippen molar-refractivity contribution in [1.29, 1.82) is 0 Å². The maximum atomic E-state index is 13.5. The molecule has 3 atom stereocenters. The highest BCUT2D eigenvalue weighted by molar-refractivity contribution is 7.08. The number of thiophene rings is 1. The number of fused-ring (bicyclic) bond motifs is 1. The molecule has 0 radical (unpaired) electrons. The van der Waals surface area contributed by atoms with Gasteiger partial charge in [0, 0.05) is 31.0 Å². The van der Waals surface area contributed by atoms with Gasteiger partial charge in [0.1, 0.15) is 0 Å². The summed E-state index contributed by atoms with van der Waals surface area (Å²) in [6, 6.07) is 7.26. The SMILES string of the molecule is CC(C)N(C[C@@H]1CCCN2CCCC[C@H]12)C(=O)C[C@@H](c1ccsc1)n1cccc1. The molecule has 4 heterocycles. The zero-order chi connectivity index (χ0) is 20.2. The van der Waals surface area contributed by atoms with E-state index in [4.69, 9.17) is 0 Å². The van der Waals surface area contributed by atoms with Crippen LogP contribution < -0.4 is 0 Å². The first-order chi connectivity index (χ1) is 14.1. The van der Waals surface area contributed by atoms with E-state index >= 15 is 0 Å². The minimum Gasteiger partial charge on any atom is -0.346 e. The molecule has 158 valence electrons. The number of piperidine rings is 2. The minimum absolute atomic E-state index is 0.0857. The van der Waals surface area contributed by atoms with Crippen LogP contribution >= 0.6 is 11.3 Å². The second-order valence-corrected chi connectivity index (χ2v) is 9.83. The second-order valence-electron chi connectivity index (χ2n) is 9.05. The molecule has 1 amide bonds. The van der Waals surface area contributed by atoms with Crippen molar-refractivity contribution in [1.82, 2.24) is 14.4 Å². The zero-order valence-electron chi connectivity index (χ0n) is 17.9. The lowest BCUT2D eigenvalue weighted by atomic mass is 9.83. The van der Waals surface area contributed by atoms with Crippen LogP contribution in [-0.4, -0.2) is 52.0 Å². The van der Waals surface area contributed by atoms with Gasteiger partial charge in [-0.1, -0.05) is 6.42 Å². The highest BCUT2D eigenvalue weighted by Crippen LogP contribution is 2.32. The van der Waals surface area contributed by atoms with Crippen molar-refractivity contribution in [3.05, 3.63) is 46.9 Å². The fourth-order valence-electron chi connectivity index (χ4n) is 5.34. The van der Waals surface area contributed by atoms with Crippen LogP contribution in [0.25, 0.3) is 0 Å². The number of carbonyl (C=O) groups excluding carboxylic acids is 1. The van der Waals surface area contributed by atoms with Crippen LogP contribution in [0.1, 0.15) is 64.0 Å².